The predicted molar refractivity (Wildman–Crippen MR) is 123 cm³/mol. The van der Waals surface area contributed by atoms with Crippen LogP contribution in [-0.2, 0) is 32.2 Å². The number of nitrogens with two attached hydrogens (primary N) is 1. The van der Waals surface area contributed by atoms with Crippen LogP contribution in [-0.4, -0.2) is 87.8 Å². The molecule has 4 rings (SSSR count). The molecule has 3 aliphatic carbocycles. The van der Waals surface area contributed by atoms with Gasteiger partial charge in [0.25, 0.3) is 5.91 Å². The number of benzene rings is 1. The van der Waals surface area contributed by atoms with E-state index in [1.165, 1.54) is 18.1 Å². The van der Waals surface area contributed by atoms with Crippen molar-refractivity contribution >= 4 is 23.2 Å². The van der Waals surface area contributed by atoms with Gasteiger partial charge in [-0.15, -0.1) is 0 Å². The van der Waals surface area contributed by atoms with Crippen LogP contribution in [0.15, 0.2) is 29.0 Å². The Kier molecular flexibility index (Phi) is 6.00. The lowest BCUT2D eigenvalue weighted by atomic mass is 9.57. The molecule has 0 unspecified atom stereocenters. The minimum atomic E-state index is -2.64. The second-order valence-electron chi connectivity index (χ2n) is 9.53. The fourth-order valence-electron chi connectivity index (χ4n) is 5.76. The number of carbonyl (C=O) groups is 3. The Labute approximate surface area is 201 Å². The van der Waals surface area contributed by atoms with Crippen LogP contribution in [0.1, 0.15) is 23.1 Å². The molecule has 0 heterocycles. The van der Waals surface area contributed by atoms with Crippen molar-refractivity contribution in [2.45, 2.75) is 31.0 Å². The molecule has 188 valence electrons. The number of primary amides is 1. The number of fused-ring (bicyclic) bond motifs is 3. The summed E-state index contributed by atoms with van der Waals surface area (Å²) in [5.41, 5.74) is 3.09. The first-order valence-corrected chi connectivity index (χ1v) is 11.1. The predicted octanol–water partition coefficient (Wildman–Crippen LogP) is -0.0428. The third-order valence-electron chi connectivity index (χ3n) is 7.41. The van der Waals surface area contributed by atoms with Gasteiger partial charge in [-0.1, -0.05) is 6.07 Å². The summed E-state index contributed by atoms with van der Waals surface area (Å²) in [6, 6.07) is 1.98. The Morgan fingerprint density at radius 1 is 1.20 bits per heavy atom. The molecule has 0 aromatic heterocycles. The first-order valence-electron chi connectivity index (χ1n) is 11.1. The number of Topliss-reactive ketones (excluding diaryl/α,β-unsaturated/α-hetero) is 2. The number of likely N-dealkylation sites (N-methyl/N-ethyl adjacent to an activating group) is 1. The van der Waals surface area contributed by atoms with E-state index in [2.05, 4.69) is 0 Å². The van der Waals surface area contributed by atoms with Crippen LogP contribution in [0.25, 0.3) is 5.76 Å². The molecule has 0 aliphatic heterocycles. The summed E-state index contributed by atoms with van der Waals surface area (Å²) in [5.74, 6) is -6.68. The van der Waals surface area contributed by atoms with Crippen molar-refractivity contribution < 1.29 is 39.6 Å². The van der Waals surface area contributed by atoms with E-state index in [1.807, 2.05) is 0 Å². The minimum Gasteiger partial charge on any atom is -0.508 e. The van der Waals surface area contributed by atoms with Gasteiger partial charge in [-0.2, -0.15) is 5.06 Å². The molecular formula is C24H29N3O8. The van der Waals surface area contributed by atoms with E-state index in [4.69, 9.17) is 10.6 Å². The van der Waals surface area contributed by atoms with Crippen molar-refractivity contribution in [3.8, 4) is 5.75 Å². The first kappa shape index (κ1) is 24.9. The lowest BCUT2D eigenvalue weighted by molar-refractivity contribution is -0.153. The SMILES string of the molecule is CON(C)Cc1ccc(O)c2c1C[C@@H]1C[C@@H]3[C@@H](N(C)C)C(=O)C(C(N)=O)=C(O)[C@@]3(O)C(=O)C1=C2O. The summed E-state index contributed by atoms with van der Waals surface area (Å²) in [7, 11) is 6.34. The fourth-order valence-corrected chi connectivity index (χ4v) is 5.76. The van der Waals surface area contributed by atoms with E-state index in [1.54, 1.807) is 32.3 Å². The Morgan fingerprint density at radius 3 is 2.43 bits per heavy atom. The number of ketones is 2. The van der Waals surface area contributed by atoms with Gasteiger partial charge < -0.3 is 31.0 Å². The van der Waals surface area contributed by atoms with Crippen molar-refractivity contribution in [3.63, 3.8) is 0 Å². The quantitative estimate of drug-likeness (QED) is 0.280. The highest BCUT2D eigenvalue weighted by atomic mass is 16.7. The van der Waals surface area contributed by atoms with Gasteiger partial charge in [-0.05, 0) is 50.0 Å². The summed E-state index contributed by atoms with van der Waals surface area (Å²) in [6.45, 7) is 0.333. The smallest absolute Gasteiger partial charge is 0.255 e. The summed E-state index contributed by atoms with van der Waals surface area (Å²) >= 11 is 0. The summed E-state index contributed by atoms with van der Waals surface area (Å²) in [5, 5.41) is 45.7. The van der Waals surface area contributed by atoms with Crippen LogP contribution in [0.2, 0.25) is 0 Å². The number of aromatic hydroxyl groups is 1. The van der Waals surface area contributed by atoms with Gasteiger partial charge >= 0.3 is 0 Å². The zero-order chi connectivity index (χ0) is 26.0. The molecule has 0 radical (unpaired) electrons. The lowest BCUT2D eigenvalue weighted by Gasteiger charge is -2.50. The van der Waals surface area contributed by atoms with Crippen molar-refractivity contribution in [1.82, 2.24) is 9.96 Å². The molecule has 6 N–H and O–H groups in total. The zero-order valence-electron chi connectivity index (χ0n) is 19.9. The van der Waals surface area contributed by atoms with Gasteiger partial charge in [0.15, 0.2) is 11.4 Å². The number of aliphatic hydroxyl groups excluding tert-OH is 2. The number of phenolic OH excluding ortho intramolecular Hbond substituents is 1. The van der Waals surface area contributed by atoms with Crippen molar-refractivity contribution in [3.05, 3.63) is 45.7 Å². The largest absolute Gasteiger partial charge is 0.508 e. The van der Waals surface area contributed by atoms with Crippen LogP contribution < -0.4 is 5.73 Å². The van der Waals surface area contributed by atoms with E-state index >= 15 is 0 Å². The Hall–Kier alpha value is -3.25. The van der Waals surface area contributed by atoms with Gasteiger partial charge in [-0.3, -0.25) is 19.3 Å². The third kappa shape index (κ3) is 3.46. The van der Waals surface area contributed by atoms with E-state index in [9.17, 15) is 34.8 Å². The van der Waals surface area contributed by atoms with Crippen LogP contribution in [0, 0.1) is 11.8 Å². The van der Waals surface area contributed by atoms with Crippen LogP contribution in [0.4, 0.5) is 0 Å². The average Bonchev–Trinajstić information content (AvgIpc) is 2.77. The van der Waals surface area contributed by atoms with Crippen LogP contribution in [0.3, 0.4) is 0 Å². The second-order valence-corrected chi connectivity index (χ2v) is 9.53. The van der Waals surface area contributed by atoms with Gasteiger partial charge in [0, 0.05) is 25.1 Å². The molecule has 35 heavy (non-hydrogen) atoms. The van der Waals surface area contributed by atoms with Gasteiger partial charge in [-0.25, -0.2) is 0 Å². The molecule has 0 spiro atoms. The zero-order valence-corrected chi connectivity index (χ0v) is 19.9. The summed E-state index contributed by atoms with van der Waals surface area (Å²) in [4.78, 5) is 45.5. The number of hydroxylamine groups is 2. The van der Waals surface area contributed by atoms with Gasteiger partial charge in [0.2, 0.25) is 5.78 Å². The number of carbonyl (C=O) groups excluding carboxylic acids is 3. The number of hydrogen-bond acceptors (Lipinski definition) is 10. The normalized spacial score (nSPS) is 28.4. The topological polar surface area (TPSA) is 174 Å². The minimum absolute atomic E-state index is 0.0426. The average molecular weight is 488 g/mol. The monoisotopic (exact) mass is 487 g/mol. The fraction of sp³-hybridized carbons (Fsp3) is 0.458. The number of nitrogens with zero attached hydrogens (tertiary/aromatic N) is 2. The van der Waals surface area contributed by atoms with Crippen molar-refractivity contribution in [2.75, 3.05) is 28.3 Å². The molecule has 1 aromatic carbocycles. The first-order chi connectivity index (χ1) is 16.4. The molecule has 11 heteroatoms. The Balaban J connectivity index is 1.94. The van der Waals surface area contributed by atoms with Crippen LogP contribution >= 0.6 is 0 Å². The summed E-state index contributed by atoms with van der Waals surface area (Å²) in [6.07, 6.45) is 0.275. The maximum Gasteiger partial charge on any atom is 0.255 e. The molecule has 1 amide bonds. The number of aliphatic hydroxyl groups is 3. The summed E-state index contributed by atoms with van der Waals surface area (Å²) < 4.78 is 0. The van der Waals surface area contributed by atoms with Crippen LogP contribution in [0.5, 0.6) is 5.75 Å². The van der Waals surface area contributed by atoms with Gasteiger partial charge in [0.05, 0.1) is 18.7 Å². The Morgan fingerprint density at radius 2 is 1.86 bits per heavy atom. The highest BCUT2D eigenvalue weighted by molar-refractivity contribution is 6.24. The molecule has 3 aliphatic rings. The molecule has 1 fully saturated rings. The lowest BCUT2D eigenvalue weighted by Crippen LogP contribution is -2.65. The maximum absolute atomic E-state index is 13.8. The Bertz CT molecular complexity index is 1200. The highest BCUT2D eigenvalue weighted by Crippen LogP contribution is 2.52. The molecule has 4 atom stereocenters. The molecule has 1 aromatic rings. The van der Waals surface area contributed by atoms with E-state index in [0.717, 1.165) is 5.56 Å². The number of amides is 1. The molecule has 1 saturated carbocycles. The molecule has 11 nitrogen and oxygen atoms in total. The molecule has 0 saturated heterocycles. The number of phenols is 1. The van der Waals surface area contributed by atoms with Gasteiger partial charge in [0.1, 0.15) is 22.8 Å². The standard InChI is InChI=1S/C24H29N3O8/c1-26(2)18-13-8-11-7-12-10(9-27(3)35-4)5-6-14(28)16(12)19(29)15(11)21(31)24(13,34)22(32)17(20(18)30)23(25)33/h5-6,11,13,18,28-29,32,34H,7-9H2,1-4H3,(H2,25,33)/t11-,13-,18-,24+/m1/s1. The number of rotatable bonds is 5. The van der Waals surface area contributed by atoms with Crippen molar-refractivity contribution in [1.29, 1.82) is 0 Å². The second kappa shape index (κ2) is 8.45. The van der Waals surface area contributed by atoms with E-state index < -0.39 is 58.0 Å². The highest BCUT2D eigenvalue weighted by Gasteiger charge is 2.64. The third-order valence-corrected chi connectivity index (χ3v) is 7.41. The van der Waals surface area contributed by atoms with E-state index in [0.29, 0.717) is 12.1 Å². The molecular weight excluding hydrogens is 458 g/mol. The maximum atomic E-state index is 13.8. The van der Waals surface area contributed by atoms with E-state index in [-0.39, 0.29) is 29.7 Å². The molecule has 0 bridgehead atoms. The number of hydrogen-bond donors (Lipinski definition) is 5. The van der Waals surface area contributed by atoms with Crippen molar-refractivity contribution in [2.24, 2.45) is 17.6 Å².